The van der Waals surface area contributed by atoms with Gasteiger partial charge in [-0.3, -0.25) is 14.6 Å². The molecule has 0 bridgehead atoms. The minimum absolute atomic E-state index is 0.226. The number of primary amides is 1. The van der Waals surface area contributed by atoms with Crippen molar-refractivity contribution in [3.63, 3.8) is 0 Å². The van der Waals surface area contributed by atoms with Gasteiger partial charge in [0.2, 0.25) is 5.91 Å². The van der Waals surface area contributed by atoms with Gasteiger partial charge in [-0.05, 0) is 62.5 Å². The number of nitrogens with one attached hydrogen (secondary N) is 1. The van der Waals surface area contributed by atoms with Gasteiger partial charge in [0, 0.05) is 42.0 Å². The van der Waals surface area contributed by atoms with Crippen molar-refractivity contribution in [2.45, 2.75) is 13.5 Å². The molecule has 3 aromatic heterocycles. The van der Waals surface area contributed by atoms with Crippen LogP contribution < -0.4 is 15.8 Å². The van der Waals surface area contributed by atoms with E-state index in [1.54, 1.807) is 53.2 Å². The first-order chi connectivity index (χ1) is 20.7. The minimum Gasteiger partial charge on any atom is -0.424 e. The van der Waals surface area contributed by atoms with Crippen molar-refractivity contribution >= 4 is 23.0 Å². The minimum atomic E-state index is -0.626. The van der Waals surface area contributed by atoms with Crippen molar-refractivity contribution in [2.24, 2.45) is 5.73 Å². The number of aryl methyl sites for hydroxylation is 1. The first-order valence-corrected chi connectivity index (χ1v) is 13.5. The van der Waals surface area contributed by atoms with Gasteiger partial charge in [0.15, 0.2) is 0 Å². The van der Waals surface area contributed by atoms with Crippen LogP contribution in [-0.2, 0) is 11.4 Å². The normalized spacial score (nSPS) is 11.4. The Bertz CT molecular complexity index is 1810. The fraction of sp³-hybridized carbons (Fsp3) is 0.156. The van der Waals surface area contributed by atoms with Crippen LogP contribution in [0.2, 0.25) is 0 Å². The second-order valence-electron chi connectivity index (χ2n) is 10.1. The lowest BCUT2D eigenvalue weighted by Crippen LogP contribution is -2.12. The van der Waals surface area contributed by atoms with Crippen molar-refractivity contribution in [3.8, 4) is 34.1 Å². The van der Waals surface area contributed by atoms with E-state index in [0.717, 1.165) is 11.3 Å². The van der Waals surface area contributed by atoms with Gasteiger partial charge in [0.05, 0.1) is 35.3 Å². The molecule has 0 spiro atoms. The van der Waals surface area contributed by atoms with Crippen LogP contribution in [0.15, 0.2) is 85.3 Å². The second-order valence-corrected chi connectivity index (χ2v) is 10.1. The number of fused-ring (bicyclic) bond motifs is 1. The predicted molar refractivity (Wildman–Crippen MR) is 164 cm³/mol. The van der Waals surface area contributed by atoms with Crippen molar-refractivity contribution in [1.29, 1.82) is 0 Å². The highest BCUT2D eigenvalue weighted by Crippen LogP contribution is 2.40. The third-order valence-corrected chi connectivity index (χ3v) is 6.57. The molecule has 5 aromatic rings. The fourth-order valence-corrected chi connectivity index (χ4v) is 4.63. The maximum absolute atomic E-state index is 12.9. The lowest BCUT2D eigenvalue weighted by molar-refractivity contribution is -0.111. The second kappa shape index (κ2) is 12.6. The zero-order valence-electron chi connectivity index (χ0n) is 24.0. The van der Waals surface area contributed by atoms with E-state index >= 15 is 0 Å². The summed E-state index contributed by atoms with van der Waals surface area (Å²) < 4.78 is 7.62. The zero-order chi connectivity index (χ0) is 30.5. The molecular formula is C32H31N7O4. The lowest BCUT2D eigenvalue weighted by Gasteiger charge is -2.11. The number of nitrogens with zero attached hydrogens (tertiary/aromatic N) is 5. The Labute approximate surface area is 248 Å². The van der Waals surface area contributed by atoms with Crippen LogP contribution in [-0.4, -0.2) is 61.8 Å². The van der Waals surface area contributed by atoms with E-state index in [-0.39, 0.29) is 24.1 Å². The third-order valence-electron chi connectivity index (χ3n) is 6.57. The molecule has 3 heterocycles. The van der Waals surface area contributed by atoms with Gasteiger partial charge >= 0.3 is 6.01 Å². The van der Waals surface area contributed by atoms with Gasteiger partial charge in [-0.2, -0.15) is 0 Å². The molecular weight excluding hydrogens is 546 g/mol. The Morgan fingerprint density at radius 1 is 1.05 bits per heavy atom. The molecule has 0 aliphatic rings. The Morgan fingerprint density at radius 3 is 2.42 bits per heavy atom. The molecule has 2 amide bonds. The molecule has 0 unspecified atom stereocenters. The van der Waals surface area contributed by atoms with E-state index in [0.29, 0.717) is 46.0 Å². The molecule has 0 saturated carbocycles. The number of likely N-dealkylation sites (N-methyl/N-ethyl adjacent to an activating group) is 1. The van der Waals surface area contributed by atoms with E-state index in [4.69, 9.17) is 10.5 Å². The Kier molecular flexibility index (Phi) is 8.56. The standard InChI is InChI=1S/C32H31N7O4/c1-20-14-15-34-32(36-20)43-25-12-8-21(9-13-25)28-29(31(33)42)26-17-35-24(19-40)18-39(26)30(28)22-6-10-23(11-7-22)37-27(41)5-4-16-38(2)3/h4-15,17-18,40H,16,19H2,1-3H3,(H2,33,42)(H,37,41)/b5-4+. The summed E-state index contributed by atoms with van der Waals surface area (Å²) in [7, 11) is 3.85. The number of aliphatic hydroxyl groups is 1. The number of aromatic nitrogens is 4. The number of nitrogens with two attached hydrogens (primary N) is 1. The number of aliphatic hydroxyl groups excluding tert-OH is 1. The van der Waals surface area contributed by atoms with Crippen LogP contribution in [0.3, 0.4) is 0 Å². The zero-order valence-corrected chi connectivity index (χ0v) is 24.0. The van der Waals surface area contributed by atoms with Crippen molar-refractivity contribution in [2.75, 3.05) is 26.0 Å². The van der Waals surface area contributed by atoms with Gasteiger partial charge in [0.25, 0.3) is 5.91 Å². The van der Waals surface area contributed by atoms with Crippen LogP contribution in [0.1, 0.15) is 21.7 Å². The summed E-state index contributed by atoms with van der Waals surface area (Å²) >= 11 is 0. The highest BCUT2D eigenvalue weighted by atomic mass is 16.5. The molecule has 43 heavy (non-hydrogen) atoms. The molecule has 0 aliphatic carbocycles. The molecule has 2 aromatic carbocycles. The van der Waals surface area contributed by atoms with E-state index in [2.05, 4.69) is 20.3 Å². The fourth-order valence-electron chi connectivity index (χ4n) is 4.63. The summed E-state index contributed by atoms with van der Waals surface area (Å²) in [5.41, 5.74) is 11.2. The lowest BCUT2D eigenvalue weighted by atomic mass is 9.96. The van der Waals surface area contributed by atoms with E-state index in [9.17, 15) is 14.7 Å². The first-order valence-electron chi connectivity index (χ1n) is 13.5. The number of amides is 2. The molecule has 0 atom stereocenters. The number of benzene rings is 2. The van der Waals surface area contributed by atoms with Crippen molar-refractivity contribution in [1.82, 2.24) is 24.3 Å². The molecule has 4 N–H and O–H groups in total. The number of anilines is 1. The summed E-state index contributed by atoms with van der Waals surface area (Å²) in [5, 5.41) is 12.7. The van der Waals surface area contributed by atoms with Gasteiger partial charge in [0.1, 0.15) is 5.75 Å². The van der Waals surface area contributed by atoms with Crippen LogP contribution in [0.5, 0.6) is 11.8 Å². The van der Waals surface area contributed by atoms with Crippen molar-refractivity contribution in [3.05, 3.63) is 102 Å². The molecule has 0 radical (unpaired) electrons. The highest BCUT2D eigenvalue weighted by molar-refractivity contribution is 6.10. The Morgan fingerprint density at radius 2 is 1.77 bits per heavy atom. The molecule has 11 nitrogen and oxygen atoms in total. The number of rotatable bonds is 10. The number of ether oxygens (including phenoxy) is 1. The van der Waals surface area contributed by atoms with Gasteiger partial charge in [-0.1, -0.05) is 30.3 Å². The van der Waals surface area contributed by atoms with Crippen LogP contribution in [0.25, 0.3) is 27.9 Å². The maximum atomic E-state index is 12.9. The summed E-state index contributed by atoms with van der Waals surface area (Å²) in [4.78, 5) is 39.9. The van der Waals surface area contributed by atoms with E-state index < -0.39 is 5.91 Å². The Hall–Kier alpha value is -5.39. The maximum Gasteiger partial charge on any atom is 0.322 e. The topological polar surface area (TPSA) is 148 Å². The highest BCUT2D eigenvalue weighted by Gasteiger charge is 2.25. The number of carbonyl (C=O) groups is 2. The number of hydrogen-bond acceptors (Lipinski definition) is 8. The van der Waals surface area contributed by atoms with Crippen LogP contribution >= 0.6 is 0 Å². The molecule has 5 rings (SSSR count). The smallest absolute Gasteiger partial charge is 0.322 e. The summed E-state index contributed by atoms with van der Waals surface area (Å²) in [5.74, 6) is -0.347. The number of hydrogen-bond donors (Lipinski definition) is 3. The van der Waals surface area contributed by atoms with Crippen LogP contribution in [0, 0.1) is 6.92 Å². The average Bonchev–Trinajstić information content (AvgIpc) is 3.32. The SMILES string of the molecule is Cc1ccnc(Oc2ccc(-c3c(C(N)=O)c4cnc(CO)cn4c3-c3ccc(NC(=O)/C=C/CN(C)C)cc3)cc2)n1. The summed E-state index contributed by atoms with van der Waals surface area (Å²) in [6.07, 6.45) is 8.11. The van der Waals surface area contributed by atoms with Crippen LogP contribution in [0.4, 0.5) is 5.69 Å². The summed E-state index contributed by atoms with van der Waals surface area (Å²) in [6.45, 7) is 2.22. The van der Waals surface area contributed by atoms with E-state index in [1.165, 1.54) is 12.3 Å². The molecule has 0 saturated heterocycles. The Balaban J connectivity index is 1.57. The quantitative estimate of drug-likeness (QED) is 0.209. The van der Waals surface area contributed by atoms with Gasteiger partial charge in [-0.15, -0.1) is 0 Å². The first kappa shape index (κ1) is 29.1. The monoisotopic (exact) mass is 577 g/mol. The summed E-state index contributed by atoms with van der Waals surface area (Å²) in [6, 6.07) is 16.4. The molecule has 0 aliphatic heterocycles. The predicted octanol–water partition coefficient (Wildman–Crippen LogP) is 4.21. The van der Waals surface area contributed by atoms with Gasteiger partial charge in [-0.25, -0.2) is 9.97 Å². The molecule has 218 valence electrons. The molecule has 0 fully saturated rings. The largest absolute Gasteiger partial charge is 0.424 e. The van der Waals surface area contributed by atoms with Gasteiger partial charge < -0.3 is 30.2 Å². The van der Waals surface area contributed by atoms with E-state index in [1.807, 2.05) is 50.2 Å². The average molecular weight is 578 g/mol. The number of carbonyl (C=O) groups excluding carboxylic acids is 2. The third kappa shape index (κ3) is 6.58. The molecule has 11 heteroatoms. The van der Waals surface area contributed by atoms with Crippen molar-refractivity contribution < 1.29 is 19.4 Å².